The SMILES string of the molecule is COc1cc(Br)c(F)c(C(C)(C)N)c1O. The number of hydrogen-bond donors (Lipinski definition) is 2. The van der Waals surface area contributed by atoms with Gasteiger partial charge >= 0.3 is 0 Å². The Morgan fingerprint density at radius 2 is 2.07 bits per heavy atom. The normalized spacial score (nSPS) is 11.6. The second kappa shape index (κ2) is 3.98. The Morgan fingerprint density at radius 3 is 2.47 bits per heavy atom. The topological polar surface area (TPSA) is 55.5 Å². The van der Waals surface area contributed by atoms with Gasteiger partial charge < -0.3 is 15.6 Å². The molecule has 0 aliphatic heterocycles. The molecule has 1 aromatic carbocycles. The van der Waals surface area contributed by atoms with Gasteiger partial charge in [0.15, 0.2) is 11.5 Å². The average Bonchev–Trinajstić information content (AvgIpc) is 2.09. The van der Waals surface area contributed by atoms with Crippen LogP contribution in [0.5, 0.6) is 11.5 Å². The van der Waals surface area contributed by atoms with Crippen molar-refractivity contribution < 1.29 is 14.2 Å². The average molecular weight is 278 g/mol. The lowest BCUT2D eigenvalue weighted by atomic mass is 9.94. The van der Waals surface area contributed by atoms with E-state index in [1.54, 1.807) is 13.8 Å². The van der Waals surface area contributed by atoms with Crippen LogP contribution in [0.2, 0.25) is 0 Å². The van der Waals surface area contributed by atoms with Gasteiger partial charge in [-0.3, -0.25) is 0 Å². The van der Waals surface area contributed by atoms with Crippen LogP contribution in [0.3, 0.4) is 0 Å². The van der Waals surface area contributed by atoms with Crippen molar-refractivity contribution >= 4 is 15.9 Å². The van der Waals surface area contributed by atoms with Crippen LogP contribution in [-0.2, 0) is 5.54 Å². The molecule has 0 heterocycles. The number of rotatable bonds is 2. The highest BCUT2D eigenvalue weighted by Gasteiger charge is 2.27. The molecule has 0 aromatic heterocycles. The fourth-order valence-corrected chi connectivity index (χ4v) is 1.74. The molecule has 0 atom stereocenters. The second-order valence-electron chi connectivity index (χ2n) is 3.82. The summed E-state index contributed by atoms with van der Waals surface area (Å²) in [5, 5.41) is 9.76. The third-order valence-corrected chi connectivity index (χ3v) is 2.60. The lowest BCUT2D eigenvalue weighted by Gasteiger charge is -2.22. The molecule has 1 rings (SSSR count). The van der Waals surface area contributed by atoms with Gasteiger partial charge in [-0.1, -0.05) is 0 Å². The molecule has 3 nitrogen and oxygen atoms in total. The zero-order valence-electron chi connectivity index (χ0n) is 8.77. The molecule has 0 radical (unpaired) electrons. The minimum absolute atomic E-state index is 0.0359. The van der Waals surface area contributed by atoms with Crippen LogP contribution in [0, 0.1) is 5.82 Å². The van der Waals surface area contributed by atoms with E-state index < -0.39 is 11.4 Å². The first-order valence-corrected chi connectivity index (χ1v) is 5.12. The van der Waals surface area contributed by atoms with E-state index in [1.807, 2.05) is 0 Å². The Balaban J connectivity index is 3.55. The molecule has 1 aromatic rings. The molecule has 0 fully saturated rings. The van der Waals surface area contributed by atoms with Gasteiger partial charge in [-0.05, 0) is 29.8 Å². The van der Waals surface area contributed by atoms with Gasteiger partial charge in [0, 0.05) is 11.6 Å². The van der Waals surface area contributed by atoms with Gasteiger partial charge in [0.2, 0.25) is 0 Å². The maximum atomic E-state index is 13.7. The molecule has 0 unspecified atom stereocenters. The highest BCUT2D eigenvalue weighted by atomic mass is 79.9. The van der Waals surface area contributed by atoms with E-state index in [9.17, 15) is 9.50 Å². The Kier molecular flexibility index (Phi) is 3.25. The zero-order valence-corrected chi connectivity index (χ0v) is 10.4. The van der Waals surface area contributed by atoms with Gasteiger partial charge in [0.1, 0.15) is 5.82 Å². The predicted octanol–water partition coefficient (Wildman–Crippen LogP) is 2.50. The molecule has 15 heavy (non-hydrogen) atoms. The molecule has 0 saturated carbocycles. The van der Waals surface area contributed by atoms with Crippen molar-refractivity contribution in [3.63, 3.8) is 0 Å². The Morgan fingerprint density at radius 1 is 1.53 bits per heavy atom. The molecule has 84 valence electrons. The van der Waals surface area contributed by atoms with Crippen molar-refractivity contribution in [2.75, 3.05) is 7.11 Å². The lowest BCUT2D eigenvalue weighted by molar-refractivity contribution is 0.355. The van der Waals surface area contributed by atoms with Crippen LogP contribution >= 0.6 is 15.9 Å². The van der Waals surface area contributed by atoms with E-state index in [4.69, 9.17) is 10.5 Å². The van der Waals surface area contributed by atoms with Crippen molar-refractivity contribution in [3.8, 4) is 11.5 Å². The summed E-state index contributed by atoms with van der Waals surface area (Å²) in [5.74, 6) is -0.636. The predicted molar refractivity (Wildman–Crippen MR) is 59.5 cm³/mol. The maximum Gasteiger partial charge on any atom is 0.165 e. The quantitative estimate of drug-likeness (QED) is 0.873. The third-order valence-electron chi connectivity index (χ3n) is 2.02. The standard InChI is InChI=1S/C10H13BrFNO2/c1-10(2,13)7-8(12)5(11)4-6(15-3)9(7)14/h4,14H,13H2,1-3H3. The van der Waals surface area contributed by atoms with E-state index >= 15 is 0 Å². The molecular weight excluding hydrogens is 265 g/mol. The van der Waals surface area contributed by atoms with E-state index in [0.29, 0.717) is 0 Å². The summed E-state index contributed by atoms with van der Waals surface area (Å²) < 4.78 is 18.9. The van der Waals surface area contributed by atoms with Gasteiger partial charge in [-0.15, -0.1) is 0 Å². The van der Waals surface area contributed by atoms with E-state index in [0.717, 1.165) is 0 Å². The van der Waals surface area contributed by atoms with Gasteiger partial charge in [0.05, 0.1) is 17.1 Å². The first kappa shape index (κ1) is 12.3. The van der Waals surface area contributed by atoms with Crippen molar-refractivity contribution in [2.24, 2.45) is 5.73 Å². The minimum Gasteiger partial charge on any atom is -0.504 e. The first-order valence-electron chi connectivity index (χ1n) is 4.33. The smallest absolute Gasteiger partial charge is 0.165 e. The van der Waals surface area contributed by atoms with Crippen molar-refractivity contribution in [2.45, 2.75) is 19.4 Å². The Bertz CT molecular complexity index is 388. The van der Waals surface area contributed by atoms with Gasteiger partial charge in [-0.2, -0.15) is 0 Å². The number of hydrogen-bond acceptors (Lipinski definition) is 3. The van der Waals surface area contributed by atoms with E-state index in [1.165, 1.54) is 13.2 Å². The van der Waals surface area contributed by atoms with Crippen LogP contribution in [0.25, 0.3) is 0 Å². The summed E-state index contributed by atoms with van der Waals surface area (Å²) in [6.45, 7) is 3.22. The summed E-state index contributed by atoms with van der Waals surface area (Å²) in [5.41, 5.74) is 4.83. The van der Waals surface area contributed by atoms with Crippen LogP contribution in [0.4, 0.5) is 4.39 Å². The summed E-state index contributed by atoms with van der Waals surface area (Å²) in [7, 11) is 1.40. The molecular formula is C10H13BrFNO2. The highest BCUT2D eigenvalue weighted by molar-refractivity contribution is 9.10. The fraction of sp³-hybridized carbons (Fsp3) is 0.400. The molecule has 0 saturated heterocycles. The van der Waals surface area contributed by atoms with Crippen LogP contribution in [0.15, 0.2) is 10.5 Å². The number of ether oxygens (including phenoxy) is 1. The Hall–Kier alpha value is -0.810. The monoisotopic (exact) mass is 277 g/mol. The zero-order chi connectivity index (χ0) is 11.8. The van der Waals surface area contributed by atoms with Crippen molar-refractivity contribution in [1.29, 1.82) is 0 Å². The van der Waals surface area contributed by atoms with Gasteiger partial charge in [-0.25, -0.2) is 4.39 Å². The highest BCUT2D eigenvalue weighted by Crippen LogP contribution is 2.40. The molecule has 0 amide bonds. The van der Waals surface area contributed by atoms with Crippen LogP contribution < -0.4 is 10.5 Å². The number of phenolic OH excluding ortho intramolecular Hbond substituents is 1. The molecule has 0 aliphatic rings. The summed E-state index contributed by atoms with van der Waals surface area (Å²) in [6.07, 6.45) is 0. The number of nitrogens with two attached hydrogens (primary N) is 1. The number of phenols is 1. The lowest BCUT2D eigenvalue weighted by Crippen LogP contribution is -2.30. The van der Waals surface area contributed by atoms with Crippen molar-refractivity contribution in [3.05, 3.63) is 21.9 Å². The molecule has 5 heteroatoms. The summed E-state index contributed by atoms with van der Waals surface area (Å²) in [6, 6.07) is 1.36. The largest absolute Gasteiger partial charge is 0.504 e. The molecule has 0 spiro atoms. The fourth-order valence-electron chi connectivity index (χ4n) is 1.34. The molecule has 0 bridgehead atoms. The number of aromatic hydroxyl groups is 1. The second-order valence-corrected chi connectivity index (χ2v) is 4.67. The molecule has 3 N–H and O–H groups in total. The third kappa shape index (κ3) is 2.23. The van der Waals surface area contributed by atoms with E-state index in [-0.39, 0.29) is 21.5 Å². The first-order chi connectivity index (χ1) is 6.79. The van der Waals surface area contributed by atoms with Crippen molar-refractivity contribution in [1.82, 2.24) is 0 Å². The number of benzene rings is 1. The number of methoxy groups -OCH3 is 1. The van der Waals surface area contributed by atoms with Crippen LogP contribution in [0.1, 0.15) is 19.4 Å². The maximum absolute atomic E-state index is 13.7. The molecule has 0 aliphatic carbocycles. The van der Waals surface area contributed by atoms with Gasteiger partial charge in [0.25, 0.3) is 0 Å². The Labute approximate surface area is 96.2 Å². The van der Waals surface area contributed by atoms with Crippen LogP contribution in [-0.4, -0.2) is 12.2 Å². The van der Waals surface area contributed by atoms with E-state index in [2.05, 4.69) is 15.9 Å². The number of halogens is 2. The summed E-state index contributed by atoms with van der Waals surface area (Å²) in [4.78, 5) is 0. The summed E-state index contributed by atoms with van der Waals surface area (Å²) >= 11 is 3.04. The minimum atomic E-state index is -0.981.